The van der Waals surface area contributed by atoms with E-state index in [4.69, 9.17) is 14.0 Å². The SMILES string of the molecule is CCOC(=O)[C@H](c1ccc(B2OC(C)(C)C(C)(C)O2)cc1)C(C)C. The molecule has 1 aromatic rings. The van der Waals surface area contributed by atoms with Gasteiger partial charge in [-0.15, -0.1) is 0 Å². The molecule has 2 rings (SSSR count). The predicted octanol–water partition coefficient (Wildman–Crippen LogP) is 3.29. The van der Waals surface area contributed by atoms with Gasteiger partial charge in [-0.1, -0.05) is 38.1 Å². The third-order valence-electron chi connectivity index (χ3n) is 5.03. The Morgan fingerprint density at radius 2 is 1.58 bits per heavy atom. The third-order valence-corrected chi connectivity index (χ3v) is 5.03. The predicted molar refractivity (Wildman–Crippen MR) is 96.4 cm³/mol. The van der Waals surface area contributed by atoms with Crippen molar-refractivity contribution in [3.8, 4) is 0 Å². The molecule has 0 saturated carbocycles. The minimum absolute atomic E-state index is 0.170. The second-order valence-corrected chi connectivity index (χ2v) is 7.73. The van der Waals surface area contributed by atoms with E-state index in [2.05, 4.69) is 0 Å². The van der Waals surface area contributed by atoms with Crippen molar-refractivity contribution in [3.05, 3.63) is 29.8 Å². The standard InChI is InChI=1S/C19H29BO4/c1-8-22-17(21)16(13(2)3)14-9-11-15(12-10-14)20-23-18(4,5)19(6,7)24-20/h9-13,16H,8H2,1-7H3/t16-/m0/s1. The highest BCUT2D eigenvalue weighted by molar-refractivity contribution is 6.62. The summed E-state index contributed by atoms with van der Waals surface area (Å²) in [5, 5.41) is 0. The van der Waals surface area contributed by atoms with E-state index in [1.165, 1.54) is 0 Å². The van der Waals surface area contributed by atoms with Gasteiger partial charge in [-0.3, -0.25) is 4.79 Å². The first kappa shape index (κ1) is 19.0. The van der Waals surface area contributed by atoms with Gasteiger partial charge >= 0.3 is 13.1 Å². The van der Waals surface area contributed by atoms with Gasteiger partial charge in [0, 0.05) is 0 Å². The van der Waals surface area contributed by atoms with Crippen LogP contribution in [0.25, 0.3) is 0 Å². The summed E-state index contributed by atoms with van der Waals surface area (Å²) >= 11 is 0. The summed E-state index contributed by atoms with van der Waals surface area (Å²) in [7, 11) is -0.385. The van der Waals surface area contributed by atoms with Crippen LogP contribution < -0.4 is 5.46 Å². The molecule has 1 saturated heterocycles. The Hall–Kier alpha value is -1.33. The molecule has 0 N–H and O–H groups in total. The molecule has 0 unspecified atom stereocenters. The largest absolute Gasteiger partial charge is 0.494 e. The van der Waals surface area contributed by atoms with Crippen molar-refractivity contribution in [2.24, 2.45) is 5.92 Å². The summed E-state index contributed by atoms with van der Waals surface area (Å²) < 4.78 is 17.4. The van der Waals surface area contributed by atoms with E-state index in [1.54, 1.807) is 0 Å². The van der Waals surface area contributed by atoms with Crippen molar-refractivity contribution in [1.82, 2.24) is 0 Å². The summed E-state index contributed by atoms with van der Waals surface area (Å²) in [5.41, 5.74) is 1.20. The highest BCUT2D eigenvalue weighted by Crippen LogP contribution is 2.36. The first-order valence-corrected chi connectivity index (χ1v) is 8.71. The number of rotatable bonds is 5. The zero-order valence-corrected chi connectivity index (χ0v) is 15.9. The molecule has 0 amide bonds. The first-order valence-electron chi connectivity index (χ1n) is 8.71. The molecule has 1 heterocycles. The van der Waals surface area contributed by atoms with Crippen molar-refractivity contribution in [1.29, 1.82) is 0 Å². The topological polar surface area (TPSA) is 44.8 Å². The van der Waals surface area contributed by atoms with E-state index < -0.39 is 0 Å². The van der Waals surface area contributed by atoms with Crippen LogP contribution >= 0.6 is 0 Å². The van der Waals surface area contributed by atoms with Crippen LogP contribution in [0.1, 0.15) is 59.9 Å². The second-order valence-electron chi connectivity index (χ2n) is 7.73. The van der Waals surface area contributed by atoms with Crippen LogP contribution in [0.3, 0.4) is 0 Å². The summed E-state index contributed by atoms with van der Waals surface area (Å²) in [6.07, 6.45) is 0. The van der Waals surface area contributed by atoms with Crippen LogP contribution in [0.2, 0.25) is 0 Å². The van der Waals surface area contributed by atoms with E-state index in [0.29, 0.717) is 6.61 Å². The lowest BCUT2D eigenvalue weighted by Crippen LogP contribution is -2.41. The zero-order chi connectivity index (χ0) is 18.1. The van der Waals surface area contributed by atoms with E-state index in [0.717, 1.165) is 11.0 Å². The van der Waals surface area contributed by atoms with E-state index in [9.17, 15) is 4.79 Å². The summed E-state index contributed by atoms with van der Waals surface area (Å²) in [6.45, 7) is 14.4. The molecular formula is C19H29BO4. The van der Waals surface area contributed by atoms with Gasteiger partial charge in [0.25, 0.3) is 0 Å². The molecule has 0 bridgehead atoms. The van der Waals surface area contributed by atoms with Gasteiger partial charge in [0.05, 0.1) is 23.7 Å². The molecule has 0 radical (unpaired) electrons. The molecule has 5 heteroatoms. The molecular weight excluding hydrogens is 303 g/mol. The second kappa shape index (κ2) is 6.89. The smallest absolute Gasteiger partial charge is 0.466 e. The molecule has 132 valence electrons. The maximum atomic E-state index is 12.2. The van der Waals surface area contributed by atoms with Crippen LogP contribution in [0.15, 0.2) is 24.3 Å². The molecule has 0 aliphatic carbocycles. The van der Waals surface area contributed by atoms with Crippen molar-refractivity contribution in [2.75, 3.05) is 6.61 Å². The van der Waals surface area contributed by atoms with Crippen molar-refractivity contribution >= 4 is 18.6 Å². The molecule has 1 aliphatic heterocycles. The monoisotopic (exact) mass is 332 g/mol. The normalized spacial score (nSPS) is 20.2. The molecule has 4 nitrogen and oxygen atoms in total. The average molecular weight is 332 g/mol. The number of esters is 1. The fourth-order valence-corrected chi connectivity index (χ4v) is 2.86. The van der Waals surface area contributed by atoms with Crippen molar-refractivity contribution in [2.45, 2.75) is 65.6 Å². The van der Waals surface area contributed by atoms with Crippen LogP contribution in [-0.2, 0) is 18.8 Å². The number of carbonyl (C=O) groups is 1. The molecule has 0 spiro atoms. The molecule has 1 fully saturated rings. The summed E-state index contributed by atoms with van der Waals surface area (Å²) in [4.78, 5) is 12.2. The van der Waals surface area contributed by atoms with Gasteiger partial charge < -0.3 is 14.0 Å². The molecule has 1 aromatic carbocycles. The summed E-state index contributed by atoms with van der Waals surface area (Å²) in [6, 6.07) is 7.90. The van der Waals surface area contributed by atoms with Crippen molar-refractivity contribution in [3.63, 3.8) is 0 Å². The van der Waals surface area contributed by atoms with Gasteiger partial charge in [-0.05, 0) is 51.6 Å². The summed E-state index contributed by atoms with van der Waals surface area (Å²) in [5.74, 6) is -0.250. The van der Waals surface area contributed by atoms with Gasteiger partial charge in [0.15, 0.2) is 0 Å². The van der Waals surface area contributed by atoms with E-state index in [1.807, 2.05) is 72.7 Å². The lowest BCUT2D eigenvalue weighted by molar-refractivity contribution is -0.146. The number of hydrogen-bond acceptors (Lipinski definition) is 4. The third kappa shape index (κ3) is 3.67. The first-order chi connectivity index (χ1) is 11.1. The Morgan fingerprint density at radius 3 is 2.00 bits per heavy atom. The number of ether oxygens (including phenoxy) is 1. The quantitative estimate of drug-likeness (QED) is 0.613. The van der Waals surface area contributed by atoms with Crippen molar-refractivity contribution < 1.29 is 18.8 Å². The van der Waals surface area contributed by atoms with Crippen LogP contribution in [-0.4, -0.2) is 30.9 Å². The highest BCUT2D eigenvalue weighted by atomic mass is 16.7. The van der Waals surface area contributed by atoms with Crippen LogP contribution in [0.5, 0.6) is 0 Å². The minimum atomic E-state index is -0.385. The maximum Gasteiger partial charge on any atom is 0.494 e. The number of hydrogen-bond donors (Lipinski definition) is 0. The zero-order valence-electron chi connectivity index (χ0n) is 15.9. The van der Waals surface area contributed by atoms with Gasteiger partial charge in [0.2, 0.25) is 0 Å². The Balaban J connectivity index is 2.20. The molecule has 0 aromatic heterocycles. The lowest BCUT2D eigenvalue weighted by atomic mass is 9.77. The Bertz CT molecular complexity index is 562. The van der Waals surface area contributed by atoms with Gasteiger partial charge in [-0.25, -0.2) is 0 Å². The molecule has 1 aliphatic rings. The maximum absolute atomic E-state index is 12.2. The van der Waals surface area contributed by atoms with E-state index in [-0.39, 0.29) is 36.1 Å². The highest BCUT2D eigenvalue weighted by Gasteiger charge is 2.51. The lowest BCUT2D eigenvalue weighted by Gasteiger charge is -2.32. The Kier molecular flexibility index (Phi) is 5.45. The molecule has 1 atom stereocenters. The Labute approximate surface area is 146 Å². The van der Waals surface area contributed by atoms with E-state index >= 15 is 0 Å². The fraction of sp³-hybridized carbons (Fsp3) is 0.632. The Morgan fingerprint density at radius 1 is 1.08 bits per heavy atom. The van der Waals surface area contributed by atoms with Crippen LogP contribution in [0.4, 0.5) is 0 Å². The minimum Gasteiger partial charge on any atom is -0.466 e. The van der Waals surface area contributed by atoms with Crippen LogP contribution in [0, 0.1) is 5.92 Å². The average Bonchev–Trinajstić information content (AvgIpc) is 2.68. The fourth-order valence-electron chi connectivity index (χ4n) is 2.86. The number of carbonyl (C=O) groups excluding carboxylic acids is 1. The van der Waals surface area contributed by atoms with Gasteiger partial charge in [0.1, 0.15) is 0 Å². The number of benzene rings is 1. The van der Waals surface area contributed by atoms with Gasteiger partial charge in [-0.2, -0.15) is 0 Å². The molecule has 24 heavy (non-hydrogen) atoms.